The molecular weight excluding hydrogens is 583 g/mol. The molecule has 0 spiro atoms. The molecule has 0 amide bonds. The van der Waals surface area contributed by atoms with Crippen LogP contribution in [0.5, 0.6) is 0 Å². The average Bonchev–Trinajstić information content (AvgIpc) is 3.04. The number of benzene rings is 4. The summed E-state index contributed by atoms with van der Waals surface area (Å²) in [4.78, 5) is 19.7. The summed E-state index contributed by atoms with van der Waals surface area (Å²) in [5, 5.41) is 0. The van der Waals surface area contributed by atoms with Gasteiger partial charge in [0.25, 0.3) is 0 Å². The maximum absolute atomic E-state index is 12.1. The van der Waals surface area contributed by atoms with Gasteiger partial charge in [0.2, 0.25) is 0 Å². The standard InChI is InChI=1S/C34H37O9P/c35-44(36,37)43-34-33(41-24-29-19-11-4-12-20-29)32(40-23-28-17-9-3-10-18-28)31(39-22-27-15-7-2-8-16-27)30(42-34)25-38-21-26-13-5-1-6-14-26/h1-20,30-34H,21-25H2,(H2,35,36,37)/t30-,31-,32+,33-,34+/m1/s1. The number of ether oxygens (including phenoxy) is 5. The van der Waals surface area contributed by atoms with Gasteiger partial charge in [0, 0.05) is 0 Å². The first-order chi connectivity index (χ1) is 21.4. The van der Waals surface area contributed by atoms with Crippen LogP contribution in [0.2, 0.25) is 0 Å². The number of hydrogen-bond donors (Lipinski definition) is 2. The summed E-state index contributed by atoms with van der Waals surface area (Å²) in [5.74, 6) is 0. The molecule has 0 bridgehead atoms. The summed E-state index contributed by atoms with van der Waals surface area (Å²) >= 11 is 0. The van der Waals surface area contributed by atoms with E-state index in [1.807, 2.05) is 121 Å². The van der Waals surface area contributed by atoms with E-state index in [0.29, 0.717) is 6.61 Å². The third-order valence-electron chi connectivity index (χ3n) is 7.08. The predicted octanol–water partition coefficient (Wildman–Crippen LogP) is 5.79. The van der Waals surface area contributed by atoms with E-state index >= 15 is 0 Å². The molecule has 1 heterocycles. The van der Waals surface area contributed by atoms with Crippen molar-refractivity contribution in [2.45, 2.75) is 57.1 Å². The second-order valence-corrected chi connectivity index (χ2v) is 11.6. The molecule has 0 unspecified atom stereocenters. The topological polar surface area (TPSA) is 113 Å². The Morgan fingerprint density at radius 3 is 1.36 bits per heavy atom. The molecule has 0 aromatic heterocycles. The van der Waals surface area contributed by atoms with Gasteiger partial charge in [-0.15, -0.1) is 0 Å². The average molecular weight is 621 g/mol. The zero-order valence-electron chi connectivity index (χ0n) is 24.2. The number of phosphoric acid groups is 1. The molecule has 1 fully saturated rings. The fourth-order valence-electron chi connectivity index (χ4n) is 4.97. The lowest BCUT2D eigenvalue weighted by Crippen LogP contribution is -2.61. The van der Waals surface area contributed by atoms with Crippen molar-refractivity contribution in [3.8, 4) is 0 Å². The van der Waals surface area contributed by atoms with E-state index < -0.39 is 38.5 Å². The molecule has 10 heteroatoms. The second kappa shape index (κ2) is 16.2. The van der Waals surface area contributed by atoms with E-state index in [1.54, 1.807) is 0 Å². The van der Waals surface area contributed by atoms with Crippen LogP contribution in [0, 0.1) is 0 Å². The molecule has 0 radical (unpaired) electrons. The van der Waals surface area contributed by atoms with Gasteiger partial charge in [-0.3, -0.25) is 4.52 Å². The van der Waals surface area contributed by atoms with Crippen LogP contribution in [0.4, 0.5) is 0 Å². The Labute approximate surface area is 257 Å². The molecule has 1 saturated heterocycles. The van der Waals surface area contributed by atoms with E-state index in [4.69, 9.17) is 28.2 Å². The molecule has 0 saturated carbocycles. The lowest BCUT2D eigenvalue weighted by molar-refractivity contribution is -0.312. The van der Waals surface area contributed by atoms with Gasteiger partial charge in [0.05, 0.1) is 33.0 Å². The molecule has 4 aromatic rings. The van der Waals surface area contributed by atoms with Crippen molar-refractivity contribution in [1.29, 1.82) is 0 Å². The molecular formula is C34H37O9P. The Morgan fingerprint density at radius 2 is 0.932 bits per heavy atom. The van der Waals surface area contributed by atoms with Gasteiger partial charge >= 0.3 is 7.82 Å². The Morgan fingerprint density at radius 1 is 0.545 bits per heavy atom. The van der Waals surface area contributed by atoms with Gasteiger partial charge in [-0.25, -0.2) is 4.57 Å². The lowest BCUT2D eigenvalue weighted by Gasteiger charge is -2.45. The van der Waals surface area contributed by atoms with Gasteiger partial charge in [-0.2, -0.15) is 0 Å². The van der Waals surface area contributed by atoms with Crippen LogP contribution in [0.15, 0.2) is 121 Å². The van der Waals surface area contributed by atoms with Crippen molar-refractivity contribution in [1.82, 2.24) is 0 Å². The molecule has 2 N–H and O–H groups in total. The van der Waals surface area contributed by atoms with E-state index in [9.17, 15) is 14.4 Å². The minimum Gasteiger partial charge on any atom is -0.374 e. The van der Waals surface area contributed by atoms with Gasteiger partial charge in [-0.05, 0) is 22.3 Å². The summed E-state index contributed by atoms with van der Waals surface area (Å²) in [6.07, 6.45) is -4.93. The third-order valence-corrected chi connectivity index (χ3v) is 7.56. The fraction of sp³-hybridized carbons (Fsp3) is 0.294. The molecule has 4 aromatic carbocycles. The number of phosphoric ester groups is 1. The van der Waals surface area contributed by atoms with Gasteiger partial charge < -0.3 is 33.5 Å². The first kappa shape index (κ1) is 32.2. The highest BCUT2D eigenvalue weighted by Crippen LogP contribution is 2.42. The van der Waals surface area contributed by atoms with Crippen LogP contribution >= 0.6 is 7.82 Å². The van der Waals surface area contributed by atoms with E-state index in [-0.39, 0.29) is 26.4 Å². The summed E-state index contributed by atoms with van der Waals surface area (Å²) in [5.41, 5.74) is 3.67. The quantitative estimate of drug-likeness (QED) is 0.159. The van der Waals surface area contributed by atoms with Crippen LogP contribution in [0.3, 0.4) is 0 Å². The zero-order chi connectivity index (χ0) is 30.6. The fourth-order valence-corrected chi connectivity index (χ4v) is 5.41. The van der Waals surface area contributed by atoms with E-state index in [2.05, 4.69) is 0 Å². The summed E-state index contributed by atoms with van der Waals surface area (Å²) < 4.78 is 48.9. The van der Waals surface area contributed by atoms with E-state index in [1.165, 1.54) is 0 Å². The highest BCUT2D eigenvalue weighted by molar-refractivity contribution is 7.46. The highest BCUT2D eigenvalue weighted by Gasteiger charge is 2.50. The van der Waals surface area contributed by atoms with Gasteiger partial charge in [0.15, 0.2) is 6.29 Å². The molecule has 5 rings (SSSR count). The largest absolute Gasteiger partial charge is 0.472 e. The van der Waals surface area contributed by atoms with E-state index in [0.717, 1.165) is 22.3 Å². The van der Waals surface area contributed by atoms with Crippen LogP contribution < -0.4 is 0 Å². The van der Waals surface area contributed by atoms with Crippen LogP contribution in [0.25, 0.3) is 0 Å². The minimum atomic E-state index is -5.00. The van der Waals surface area contributed by atoms with Crippen molar-refractivity contribution in [3.05, 3.63) is 144 Å². The Bertz CT molecular complexity index is 1420. The summed E-state index contributed by atoms with van der Waals surface area (Å²) in [7, 11) is -5.00. The Hall–Kier alpha value is -3.21. The molecule has 232 valence electrons. The van der Waals surface area contributed by atoms with Crippen molar-refractivity contribution >= 4 is 7.82 Å². The van der Waals surface area contributed by atoms with Crippen molar-refractivity contribution in [3.63, 3.8) is 0 Å². The second-order valence-electron chi connectivity index (χ2n) is 10.4. The normalized spacial score (nSPS) is 22.1. The molecule has 44 heavy (non-hydrogen) atoms. The number of rotatable bonds is 15. The van der Waals surface area contributed by atoms with Crippen molar-refractivity contribution in [2.24, 2.45) is 0 Å². The summed E-state index contributed by atoms with van der Waals surface area (Å²) in [6.45, 7) is 0.917. The first-order valence-electron chi connectivity index (χ1n) is 14.4. The number of hydrogen-bond acceptors (Lipinski definition) is 7. The Balaban J connectivity index is 1.44. The van der Waals surface area contributed by atoms with Crippen LogP contribution in [-0.2, 0) is 59.2 Å². The SMILES string of the molecule is O=P(O)(O)O[C@@H]1O[C@H](COCc2ccccc2)[C@@H](OCc2ccccc2)[C@H](OCc2ccccc2)[C@H]1OCc1ccccc1. The predicted molar refractivity (Wildman–Crippen MR) is 163 cm³/mol. The van der Waals surface area contributed by atoms with Crippen molar-refractivity contribution in [2.75, 3.05) is 6.61 Å². The van der Waals surface area contributed by atoms with Gasteiger partial charge in [0.1, 0.15) is 24.4 Å². The maximum atomic E-state index is 12.1. The minimum absolute atomic E-state index is 0.0476. The highest BCUT2D eigenvalue weighted by atomic mass is 31.2. The van der Waals surface area contributed by atoms with Crippen molar-refractivity contribution < 1.29 is 42.6 Å². The van der Waals surface area contributed by atoms with Crippen LogP contribution in [-0.4, -0.2) is 47.1 Å². The molecule has 9 nitrogen and oxygen atoms in total. The zero-order valence-corrected chi connectivity index (χ0v) is 25.1. The van der Waals surface area contributed by atoms with Crippen LogP contribution in [0.1, 0.15) is 22.3 Å². The smallest absolute Gasteiger partial charge is 0.374 e. The molecule has 0 aliphatic carbocycles. The lowest BCUT2D eigenvalue weighted by atomic mass is 9.98. The molecule has 1 aliphatic heterocycles. The Kier molecular flexibility index (Phi) is 11.9. The first-order valence-corrected chi connectivity index (χ1v) is 16.0. The molecule has 1 aliphatic rings. The monoisotopic (exact) mass is 620 g/mol. The summed E-state index contributed by atoms with van der Waals surface area (Å²) in [6, 6.07) is 38.4. The maximum Gasteiger partial charge on any atom is 0.472 e. The van der Waals surface area contributed by atoms with Gasteiger partial charge in [-0.1, -0.05) is 121 Å². The third kappa shape index (κ3) is 9.90. The molecule has 5 atom stereocenters.